The second-order valence-corrected chi connectivity index (χ2v) is 13.4. The smallest absolute Gasteiger partial charge is 0.472 e. The second-order valence-electron chi connectivity index (χ2n) is 11.1. The molecule has 2 aromatic rings. The molecule has 3 aliphatic rings. The molecule has 0 radical (unpaired) electrons. The first-order valence-electron chi connectivity index (χ1n) is 13.3. The van der Waals surface area contributed by atoms with Crippen LogP contribution in [0.5, 0.6) is 5.75 Å². The van der Waals surface area contributed by atoms with Crippen LogP contribution in [-0.4, -0.2) is 49.8 Å². The van der Waals surface area contributed by atoms with Crippen molar-refractivity contribution in [3.63, 3.8) is 0 Å². The van der Waals surface area contributed by atoms with E-state index in [1.54, 1.807) is 0 Å². The summed E-state index contributed by atoms with van der Waals surface area (Å²) >= 11 is 5.67. The molecule has 1 saturated carbocycles. The van der Waals surface area contributed by atoms with Gasteiger partial charge in [-0.25, -0.2) is 17.2 Å². The summed E-state index contributed by atoms with van der Waals surface area (Å²) in [5.41, 5.74) is -1.31. The Hall–Kier alpha value is -2.65. The Morgan fingerprint density at radius 3 is 2.12 bits per heavy atom. The minimum atomic E-state index is -5.57. The molecule has 3 fully saturated rings. The molecular weight excluding hydrogens is 636 g/mol. The van der Waals surface area contributed by atoms with Gasteiger partial charge >= 0.3 is 18.3 Å². The lowest BCUT2D eigenvalue weighted by Crippen LogP contribution is -2.46. The van der Waals surface area contributed by atoms with E-state index < -0.39 is 72.3 Å². The number of anilines is 1. The van der Waals surface area contributed by atoms with Crippen molar-refractivity contribution in [3.05, 3.63) is 57.6 Å². The third-order valence-corrected chi connectivity index (χ3v) is 9.31. The van der Waals surface area contributed by atoms with Crippen LogP contribution in [0.25, 0.3) is 0 Å². The van der Waals surface area contributed by atoms with Crippen molar-refractivity contribution >= 4 is 33.2 Å². The fourth-order valence-electron chi connectivity index (χ4n) is 6.01. The fourth-order valence-corrected chi connectivity index (χ4v) is 7.12. The fraction of sp³-hybridized carbons (Fsp3) is 0.519. The van der Waals surface area contributed by atoms with Crippen molar-refractivity contribution in [2.75, 3.05) is 10.6 Å². The van der Waals surface area contributed by atoms with Gasteiger partial charge in [0.05, 0.1) is 22.5 Å². The summed E-state index contributed by atoms with van der Waals surface area (Å²) in [7, 11) is -4.84. The molecule has 1 amide bonds. The molecule has 2 saturated heterocycles. The number of ether oxygens (including phenoxy) is 1. The Bertz CT molecular complexity index is 1530. The number of sulfonamides is 1. The molecule has 5 rings (SSSR count). The average Bonchev–Trinajstić information content (AvgIpc) is 3.68. The standard InChI is InChI=1S/C27H25ClF8N2O4S/c1-43(40,41)38(25(39)27(34,35)36)22-11-19(13-2-3-13)14(6-21(22)29)12-37-16-4-5-17(37)10-18(9-16)42-23-8-15(26(31,32)33)7-20(28)24(23)30/h6-8,11,13,16-18H,2-5,9-10,12H2,1H3/t16-,17+,18?. The highest BCUT2D eigenvalue weighted by atomic mass is 35.5. The molecule has 2 aliphatic heterocycles. The molecule has 16 heteroatoms. The van der Waals surface area contributed by atoms with E-state index in [4.69, 9.17) is 16.3 Å². The minimum absolute atomic E-state index is 0.154. The maximum Gasteiger partial charge on any atom is 0.472 e. The normalized spacial score (nSPS) is 23.0. The van der Waals surface area contributed by atoms with Crippen LogP contribution in [0.4, 0.5) is 40.8 Å². The maximum absolute atomic E-state index is 15.3. The van der Waals surface area contributed by atoms with Crippen molar-refractivity contribution in [1.29, 1.82) is 0 Å². The molecule has 6 nitrogen and oxygen atoms in total. The molecule has 3 atom stereocenters. The van der Waals surface area contributed by atoms with Gasteiger partial charge in [-0.3, -0.25) is 9.69 Å². The summed E-state index contributed by atoms with van der Waals surface area (Å²) in [6.45, 7) is 0.154. The summed E-state index contributed by atoms with van der Waals surface area (Å²) in [6, 6.07) is 2.62. The quantitative estimate of drug-likeness (QED) is 0.301. The number of hydrogen-bond donors (Lipinski definition) is 0. The molecule has 1 aliphatic carbocycles. The molecular formula is C27H25ClF8N2O4S. The first-order chi connectivity index (χ1) is 19.8. The highest BCUT2D eigenvalue weighted by molar-refractivity contribution is 7.92. The third-order valence-electron chi connectivity index (χ3n) is 8.01. The number of hydrogen-bond acceptors (Lipinski definition) is 5. The first kappa shape index (κ1) is 31.8. The van der Waals surface area contributed by atoms with Gasteiger partial charge in [0.25, 0.3) is 0 Å². The number of alkyl halides is 6. The van der Waals surface area contributed by atoms with Crippen LogP contribution >= 0.6 is 11.6 Å². The van der Waals surface area contributed by atoms with Crippen LogP contribution in [0.3, 0.4) is 0 Å². The van der Waals surface area contributed by atoms with Gasteiger partial charge in [-0.2, -0.15) is 30.6 Å². The van der Waals surface area contributed by atoms with E-state index >= 15 is 4.39 Å². The van der Waals surface area contributed by atoms with Crippen LogP contribution in [0.2, 0.25) is 5.02 Å². The molecule has 2 bridgehead atoms. The highest BCUT2D eigenvalue weighted by Crippen LogP contribution is 2.46. The summed E-state index contributed by atoms with van der Waals surface area (Å²) in [6.07, 6.45) is -7.37. The third kappa shape index (κ3) is 6.58. The number of piperidine rings is 1. The van der Waals surface area contributed by atoms with E-state index in [2.05, 4.69) is 0 Å². The number of amides is 1. The topological polar surface area (TPSA) is 66.9 Å². The van der Waals surface area contributed by atoms with Crippen LogP contribution in [0.15, 0.2) is 24.3 Å². The number of carbonyl (C=O) groups is 1. The number of benzene rings is 2. The Balaban J connectivity index is 1.38. The number of rotatable bonds is 7. The van der Waals surface area contributed by atoms with Crippen molar-refractivity contribution in [1.82, 2.24) is 4.90 Å². The zero-order valence-corrected chi connectivity index (χ0v) is 24.0. The van der Waals surface area contributed by atoms with Crippen molar-refractivity contribution < 1.29 is 53.1 Å². The Morgan fingerprint density at radius 1 is 1.00 bits per heavy atom. The molecule has 0 N–H and O–H groups in total. The predicted octanol–water partition coefficient (Wildman–Crippen LogP) is 6.94. The molecule has 2 heterocycles. The molecule has 2 aromatic carbocycles. The van der Waals surface area contributed by atoms with Gasteiger partial charge < -0.3 is 4.74 Å². The molecule has 0 spiro atoms. The lowest BCUT2D eigenvalue weighted by Gasteiger charge is -2.39. The van der Waals surface area contributed by atoms with Crippen LogP contribution in [0.1, 0.15) is 61.1 Å². The van der Waals surface area contributed by atoms with Gasteiger partial charge in [0.1, 0.15) is 11.9 Å². The van der Waals surface area contributed by atoms with E-state index in [-0.39, 0.29) is 24.5 Å². The van der Waals surface area contributed by atoms with E-state index in [9.17, 15) is 43.9 Å². The van der Waals surface area contributed by atoms with Crippen molar-refractivity contribution in [3.8, 4) is 5.75 Å². The maximum atomic E-state index is 15.3. The van der Waals surface area contributed by atoms with Crippen LogP contribution in [-0.2, 0) is 27.5 Å². The molecule has 236 valence electrons. The number of fused-ring (bicyclic) bond motifs is 2. The number of nitrogens with zero attached hydrogens (tertiary/aromatic N) is 2. The first-order valence-corrected chi connectivity index (χ1v) is 15.5. The van der Waals surface area contributed by atoms with Crippen molar-refractivity contribution in [2.24, 2.45) is 0 Å². The summed E-state index contributed by atoms with van der Waals surface area (Å²) in [5, 5.41) is -0.727. The van der Waals surface area contributed by atoms with E-state index in [0.717, 1.165) is 12.1 Å². The summed E-state index contributed by atoms with van der Waals surface area (Å²) < 4.78 is 139. The Morgan fingerprint density at radius 2 is 1.60 bits per heavy atom. The Labute approximate surface area is 246 Å². The SMILES string of the molecule is CS(=O)(=O)N(C(=O)C(F)(F)F)c1cc(C2CC2)c(CN2[C@@H]3CC[C@H]2CC(Oc2cc(C(F)(F)F)cc(Cl)c2F)C3)cc1F. The van der Waals surface area contributed by atoms with E-state index in [0.29, 0.717) is 68.0 Å². The monoisotopic (exact) mass is 660 g/mol. The van der Waals surface area contributed by atoms with Gasteiger partial charge in [-0.05, 0) is 79.8 Å². The van der Waals surface area contributed by atoms with E-state index in [1.807, 2.05) is 4.90 Å². The van der Waals surface area contributed by atoms with Gasteiger partial charge in [0, 0.05) is 18.6 Å². The molecule has 0 aromatic heterocycles. The Kier molecular flexibility index (Phi) is 8.17. The summed E-state index contributed by atoms with van der Waals surface area (Å²) in [5.74, 6) is -5.94. The van der Waals surface area contributed by atoms with Gasteiger partial charge in [-0.15, -0.1) is 0 Å². The lowest BCUT2D eigenvalue weighted by molar-refractivity contribution is -0.169. The van der Waals surface area contributed by atoms with Crippen LogP contribution in [0, 0.1) is 11.6 Å². The van der Waals surface area contributed by atoms with Gasteiger partial charge in [-0.1, -0.05) is 11.6 Å². The minimum Gasteiger partial charge on any atom is -0.487 e. The zero-order chi connectivity index (χ0) is 31.6. The molecule has 1 unspecified atom stereocenters. The summed E-state index contributed by atoms with van der Waals surface area (Å²) in [4.78, 5) is 14.0. The largest absolute Gasteiger partial charge is 0.487 e. The van der Waals surface area contributed by atoms with Crippen molar-refractivity contribution in [2.45, 2.75) is 81.5 Å². The van der Waals surface area contributed by atoms with Crippen LogP contribution < -0.4 is 9.04 Å². The second kappa shape index (κ2) is 11.1. The highest BCUT2D eigenvalue weighted by Gasteiger charge is 2.48. The lowest BCUT2D eigenvalue weighted by atomic mass is 9.96. The predicted molar refractivity (Wildman–Crippen MR) is 139 cm³/mol. The number of halogens is 9. The van der Waals surface area contributed by atoms with Gasteiger partial charge in [0.2, 0.25) is 10.0 Å². The van der Waals surface area contributed by atoms with Gasteiger partial charge in [0.15, 0.2) is 11.6 Å². The average molecular weight is 661 g/mol. The molecule has 43 heavy (non-hydrogen) atoms. The zero-order valence-electron chi connectivity index (χ0n) is 22.4. The number of carbonyl (C=O) groups excluding carboxylic acids is 1. The van der Waals surface area contributed by atoms with E-state index in [1.165, 1.54) is 0 Å².